The molecule has 1 aliphatic rings. The van der Waals surface area contributed by atoms with Crippen LogP contribution in [0.1, 0.15) is 58.3 Å². The van der Waals surface area contributed by atoms with E-state index in [1.165, 1.54) is 51.4 Å². The van der Waals surface area contributed by atoms with Crippen LogP contribution < -0.4 is 0 Å². The standard InChI is InChI=1S/C14H26O/c1-2-3-4-6-13-8-10-14(11-9-13)7-5-12-15/h5,7,13-15H,2-4,6,8-12H2,1H3/b7-5+. The third-order valence-electron chi connectivity index (χ3n) is 3.62. The Morgan fingerprint density at radius 1 is 1.13 bits per heavy atom. The fourth-order valence-corrected chi connectivity index (χ4v) is 2.61. The average Bonchev–Trinajstić information content (AvgIpc) is 2.28. The molecule has 0 amide bonds. The normalized spacial score (nSPS) is 27.3. The Kier molecular flexibility index (Phi) is 6.74. The van der Waals surface area contributed by atoms with E-state index in [0.29, 0.717) is 0 Å². The van der Waals surface area contributed by atoms with Crippen molar-refractivity contribution in [2.45, 2.75) is 58.3 Å². The second-order valence-electron chi connectivity index (χ2n) is 4.89. The summed E-state index contributed by atoms with van der Waals surface area (Å²) in [5, 5.41) is 8.71. The molecule has 0 bridgehead atoms. The molecule has 0 radical (unpaired) electrons. The van der Waals surface area contributed by atoms with Crippen LogP contribution in [0.5, 0.6) is 0 Å². The lowest BCUT2D eigenvalue weighted by Gasteiger charge is -2.26. The van der Waals surface area contributed by atoms with Gasteiger partial charge in [-0.05, 0) is 37.5 Å². The molecule has 1 nitrogen and oxygen atoms in total. The summed E-state index contributed by atoms with van der Waals surface area (Å²) in [5.41, 5.74) is 0. The molecule has 0 aromatic carbocycles. The summed E-state index contributed by atoms with van der Waals surface area (Å²) in [5.74, 6) is 1.75. The zero-order valence-corrected chi connectivity index (χ0v) is 10.1. The van der Waals surface area contributed by atoms with Gasteiger partial charge < -0.3 is 5.11 Å². The predicted molar refractivity (Wildman–Crippen MR) is 65.8 cm³/mol. The highest BCUT2D eigenvalue weighted by molar-refractivity contribution is 4.90. The Morgan fingerprint density at radius 2 is 1.87 bits per heavy atom. The summed E-state index contributed by atoms with van der Waals surface area (Å²) in [6, 6.07) is 0. The van der Waals surface area contributed by atoms with E-state index in [4.69, 9.17) is 5.11 Å². The highest BCUT2D eigenvalue weighted by Gasteiger charge is 2.18. The monoisotopic (exact) mass is 210 g/mol. The van der Waals surface area contributed by atoms with E-state index < -0.39 is 0 Å². The Morgan fingerprint density at radius 3 is 2.47 bits per heavy atom. The van der Waals surface area contributed by atoms with Gasteiger partial charge in [0.15, 0.2) is 0 Å². The van der Waals surface area contributed by atoms with Gasteiger partial charge in [-0.25, -0.2) is 0 Å². The molecule has 0 aromatic rings. The SMILES string of the molecule is CCCCCC1CCC(/C=C/CO)CC1. The van der Waals surface area contributed by atoms with Crippen molar-refractivity contribution in [2.24, 2.45) is 11.8 Å². The minimum absolute atomic E-state index is 0.205. The first-order valence-electron chi connectivity index (χ1n) is 6.64. The molecule has 1 fully saturated rings. The first-order valence-corrected chi connectivity index (χ1v) is 6.64. The lowest BCUT2D eigenvalue weighted by molar-refractivity contribution is 0.287. The average molecular weight is 210 g/mol. The van der Waals surface area contributed by atoms with Gasteiger partial charge in [-0.15, -0.1) is 0 Å². The van der Waals surface area contributed by atoms with Gasteiger partial charge in [0.1, 0.15) is 0 Å². The molecule has 0 saturated heterocycles. The van der Waals surface area contributed by atoms with Crippen LogP contribution in [-0.4, -0.2) is 11.7 Å². The zero-order chi connectivity index (χ0) is 10.9. The van der Waals surface area contributed by atoms with Crippen LogP contribution in [0.4, 0.5) is 0 Å². The minimum Gasteiger partial charge on any atom is -0.392 e. The van der Waals surface area contributed by atoms with Crippen LogP contribution in [0.15, 0.2) is 12.2 Å². The molecule has 15 heavy (non-hydrogen) atoms. The highest BCUT2D eigenvalue weighted by Crippen LogP contribution is 2.32. The van der Waals surface area contributed by atoms with Crippen molar-refractivity contribution in [3.8, 4) is 0 Å². The third kappa shape index (κ3) is 5.36. The molecule has 0 unspecified atom stereocenters. The molecule has 0 aromatic heterocycles. The maximum atomic E-state index is 8.71. The van der Waals surface area contributed by atoms with Gasteiger partial charge in [0.25, 0.3) is 0 Å². The summed E-state index contributed by atoms with van der Waals surface area (Å²) < 4.78 is 0. The number of hydrogen-bond donors (Lipinski definition) is 1. The molecule has 0 aliphatic heterocycles. The minimum atomic E-state index is 0.205. The molecule has 1 heteroatoms. The Labute approximate surface area is 94.6 Å². The van der Waals surface area contributed by atoms with Crippen LogP contribution in [0, 0.1) is 11.8 Å². The van der Waals surface area contributed by atoms with E-state index in [1.54, 1.807) is 0 Å². The van der Waals surface area contributed by atoms with Crippen LogP contribution in [0.25, 0.3) is 0 Å². The van der Waals surface area contributed by atoms with Crippen molar-refractivity contribution in [3.63, 3.8) is 0 Å². The Balaban J connectivity index is 2.09. The van der Waals surface area contributed by atoms with Crippen molar-refractivity contribution in [3.05, 3.63) is 12.2 Å². The number of unbranched alkanes of at least 4 members (excludes halogenated alkanes) is 2. The molecule has 1 N–H and O–H groups in total. The van der Waals surface area contributed by atoms with E-state index >= 15 is 0 Å². The van der Waals surface area contributed by atoms with E-state index in [1.807, 2.05) is 6.08 Å². The molecule has 1 aliphatic carbocycles. The van der Waals surface area contributed by atoms with Crippen molar-refractivity contribution < 1.29 is 5.11 Å². The molecule has 88 valence electrons. The predicted octanol–water partition coefficient (Wildman–Crippen LogP) is 3.92. The lowest BCUT2D eigenvalue weighted by atomic mass is 9.79. The van der Waals surface area contributed by atoms with Gasteiger partial charge in [-0.3, -0.25) is 0 Å². The topological polar surface area (TPSA) is 20.2 Å². The summed E-state index contributed by atoms with van der Waals surface area (Å²) in [6.07, 6.45) is 15.2. The van der Waals surface area contributed by atoms with Crippen molar-refractivity contribution in [1.29, 1.82) is 0 Å². The highest BCUT2D eigenvalue weighted by atomic mass is 16.2. The first kappa shape index (κ1) is 12.8. The van der Waals surface area contributed by atoms with E-state index in [-0.39, 0.29) is 6.61 Å². The van der Waals surface area contributed by atoms with Gasteiger partial charge >= 0.3 is 0 Å². The van der Waals surface area contributed by atoms with Crippen molar-refractivity contribution in [2.75, 3.05) is 6.61 Å². The van der Waals surface area contributed by atoms with E-state index in [0.717, 1.165) is 11.8 Å². The van der Waals surface area contributed by atoms with Gasteiger partial charge in [0.2, 0.25) is 0 Å². The maximum absolute atomic E-state index is 8.71. The maximum Gasteiger partial charge on any atom is 0.0612 e. The molecular formula is C14H26O. The number of rotatable bonds is 6. The zero-order valence-electron chi connectivity index (χ0n) is 10.1. The largest absolute Gasteiger partial charge is 0.392 e. The van der Waals surface area contributed by atoms with Gasteiger partial charge in [-0.2, -0.15) is 0 Å². The molecule has 1 saturated carbocycles. The second-order valence-corrected chi connectivity index (χ2v) is 4.89. The summed E-state index contributed by atoms with van der Waals surface area (Å²) in [6.45, 7) is 2.48. The van der Waals surface area contributed by atoms with Gasteiger partial charge in [0.05, 0.1) is 6.61 Å². The number of allylic oxidation sites excluding steroid dienone is 1. The summed E-state index contributed by atoms with van der Waals surface area (Å²) in [7, 11) is 0. The molecule has 1 rings (SSSR count). The Hall–Kier alpha value is -0.300. The van der Waals surface area contributed by atoms with Crippen LogP contribution in [0.2, 0.25) is 0 Å². The summed E-state index contributed by atoms with van der Waals surface area (Å²) >= 11 is 0. The van der Waals surface area contributed by atoms with Crippen LogP contribution in [-0.2, 0) is 0 Å². The van der Waals surface area contributed by atoms with Gasteiger partial charge in [-0.1, -0.05) is 44.8 Å². The van der Waals surface area contributed by atoms with Crippen molar-refractivity contribution in [1.82, 2.24) is 0 Å². The fraction of sp³-hybridized carbons (Fsp3) is 0.857. The lowest BCUT2D eigenvalue weighted by Crippen LogP contribution is -2.13. The number of aliphatic hydroxyl groups excluding tert-OH is 1. The van der Waals surface area contributed by atoms with Gasteiger partial charge in [0, 0.05) is 0 Å². The van der Waals surface area contributed by atoms with E-state index in [9.17, 15) is 0 Å². The fourth-order valence-electron chi connectivity index (χ4n) is 2.61. The molecule has 0 atom stereocenters. The van der Waals surface area contributed by atoms with Crippen LogP contribution >= 0.6 is 0 Å². The third-order valence-corrected chi connectivity index (χ3v) is 3.62. The second kappa shape index (κ2) is 7.92. The number of aliphatic hydroxyl groups is 1. The van der Waals surface area contributed by atoms with E-state index in [2.05, 4.69) is 13.0 Å². The number of hydrogen-bond acceptors (Lipinski definition) is 1. The Bertz CT molecular complexity index is 166. The van der Waals surface area contributed by atoms with Crippen molar-refractivity contribution >= 4 is 0 Å². The smallest absolute Gasteiger partial charge is 0.0612 e. The quantitative estimate of drug-likeness (QED) is 0.520. The summed E-state index contributed by atoms with van der Waals surface area (Å²) in [4.78, 5) is 0. The van der Waals surface area contributed by atoms with Crippen LogP contribution in [0.3, 0.4) is 0 Å². The first-order chi connectivity index (χ1) is 7.36. The molecule has 0 heterocycles. The molecule has 0 spiro atoms. The molecular weight excluding hydrogens is 184 g/mol.